The Hall–Kier alpha value is -3.09. The zero-order valence-electron chi connectivity index (χ0n) is 15.9. The molecule has 144 valence electrons. The molecule has 0 saturated carbocycles. The Morgan fingerprint density at radius 1 is 1.15 bits per heavy atom. The highest BCUT2D eigenvalue weighted by atomic mass is 19.1. The fourth-order valence-corrected chi connectivity index (χ4v) is 2.79. The van der Waals surface area contributed by atoms with Gasteiger partial charge in [-0.2, -0.15) is 0 Å². The van der Waals surface area contributed by atoms with Crippen LogP contribution < -0.4 is 15.4 Å². The number of carbonyl (C=O) groups is 2. The molecule has 1 atom stereocenters. The van der Waals surface area contributed by atoms with Crippen molar-refractivity contribution >= 4 is 23.3 Å². The smallest absolute Gasteiger partial charge is 0.322 e. The van der Waals surface area contributed by atoms with Gasteiger partial charge in [0.2, 0.25) is 5.91 Å². The molecular formula is C20H24FN3O3. The lowest BCUT2D eigenvalue weighted by molar-refractivity contribution is -0.114. The van der Waals surface area contributed by atoms with Gasteiger partial charge in [0.15, 0.2) is 0 Å². The van der Waals surface area contributed by atoms with Crippen molar-refractivity contribution in [1.29, 1.82) is 0 Å². The van der Waals surface area contributed by atoms with Gasteiger partial charge in [-0.1, -0.05) is 12.1 Å². The first-order valence-electron chi connectivity index (χ1n) is 8.64. The van der Waals surface area contributed by atoms with Crippen LogP contribution in [-0.4, -0.2) is 30.5 Å². The van der Waals surface area contributed by atoms with Crippen LogP contribution in [0.1, 0.15) is 32.4 Å². The predicted octanol–water partition coefficient (Wildman–Crippen LogP) is 4.41. The number of hydrogen-bond acceptors (Lipinski definition) is 3. The Morgan fingerprint density at radius 2 is 1.81 bits per heavy atom. The third-order valence-electron chi connectivity index (χ3n) is 4.18. The van der Waals surface area contributed by atoms with Gasteiger partial charge >= 0.3 is 6.03 Å². The number of nitrogens with one attached hydrogen (secondary N) is 2. The Morgan fingerprint density at radius 3 is 2.37 bits per heavy atom. The zero-order chi connectivity index (χ0) is 20.0. The van der Waals surface area contributed by atoms with Crippen molar-refractivity contribution in [3.8, 4) is 5.75 Å². The summed E-state index contributed by atoms with van der Waals surface area (Å²) < 4.78 is 18.4. The van der Waals surface area contributed by atoms with Gasteiger partial charge in [0.25, 0.3) is 0 Å². The van der Waals surface area contributed by atoms with E-state index in [1.54, 1.807) is 35.2 Å². The third-order valence-corrected chi connectivity index (χ3v) is 4.18. The molecule has 0 aliphatic heterocycles. The van der Waals surface area contributed by atoms with Crippen LogP contribution in [0.15, 0.2) is 42.5 Å². The molecule has 6 nitrogen and oxygen atoms in total. The Labute approximate surface area is 158 Å². The first-order valence-corrected chi connectivity index (χ1v) is 8.64. The molecule has 0 aliphatic rings. The maximum atomic E-state index is 13.2. The second kappa shape index (κ2) is 9.02. The number of urea groups is 1. The van der Waals surface area contributed by atoms with E-state index in [0.717, 1.165) is 5.56 Å². The number of methoxy groups -OCH3 is 1. The minimum absolute atomic E-state index is 0.211. The van der Waals surface area contributed by atoms with Gasteiger partial charge in [0, 0.05) is 19.2 Å². The Kier molecular flexibility index (Phi) is 6.76. The molecule has 0 fully saturated rings. The van der Waals surface area contributed by atoms with Crippen LogP contribution in [-0.2, 0) is 4.79 Å². The summed E-state index contributed by atoms with van der Waals surface area (Å²) in [5.41, 5.74) is 1.82. The molecule has 27 heavy (non-hydrogen) atoms. The topological polar surface area (TPSA) is 70.7 Å². The minimum atomic E-state index is -0.326. The third kappa shape index (κ3) is 5.20. The zero-order valence-corrected chi connectivity index (χ0v) is 15.9. The van der Waals surface area contributed by atoms with E-state index in [9.17, 15) is 14.0 Å². The van der Waals surface area contributed by atoms with Crippen LogP contribution in [0, 0.1) is 5.82 Å². The largest absolute Gasteiger partial charge is 0.495 e. The molecular weight excluding hydrogens is 349 g/mol. The molecule has 0 bridgehead atoms. The molecule has 2 aromatic carbocycles. The number of hydrogen-bond donors (Lipinski definition) is 2. The number of benzene rings is 2. The van der Waals surface area contributed by atoms with Crippen LogP contribution in [0.5, 0.6) is 5.75 Å². The summed E-state index contributed by atoms with van der Waals surface area (Å²) in [6.07, 6.45) is 0. The fourth-order valence-electron chi connectivity index (χ4n) is 2.79. The van der Waals surface area contributed by atoms with Crippen molar-refractivity contribution in [2.75, 3.05) is 24.3 Å². The number of carbonyl (C=O) groups excluding carboxylic acids is 2. The highest BCUT2D eigenvalue weighted by Gasteiger charge is 2.21. The van der Waals surface area contributed by atoms with Crippen LogP contribution >= 0.6 is 0 Å². The average Bonchev–Trinajstić information content (AvgIpc) is 2.62. The van der Waals surface area contributed by atoms with Crippen LogP contribution in [0.25, 0.3) is 0 Å². The summed E-state index contributed by atoms with van der Waals surface area (Å²) in [6, 6.07) is 10.5. The van der Waals surface area contributed by atoms with E-state index < -0.39 is 0 Å². The van der Waals surface area contributed by atoms with Gasteiger partial charge in [-0.3, -0.25) is 4.79 Å². The van der Waals surface area contributed by atoms with Gasteiger partial charge in [0.05, 0.1) is 18.8 Å². The quantitative estimate of drug-likeness (QED) is 0.788. The van der Waals surface area contributed by atoms with E-state index >= 15 is 0 Å². The number of nitrogens with zero attached hydrogens (tertiary/aromatic N) is 1. The van der Waals surface area contributed by atoms with E-state index in [2.05, 4.69) is 10.6 Å². The normalized spacial score (nSPS) is 11.4. The number of rotatable bonds is 6. The van der Waals surface area contributed by atoms with Crippen molar-refractivity contribution in [3.05, 3.63) is 53.8 Å². The lowest BCUT2D eigenvalue weighted by Crippen LogP contribution is -2.37. The maximum absolute atomic E-state index is 13.2. The lowest BCUT2D eigenvalue weighted by Gasteiger charge is -2.29. The number of anilines is 2. The Balaban J connectivity index is 2.22. The summed E-state index contributed by atoms with van der Waals surface area (Å²) in [6.45, 7) is 5.61. The van der Waals surface area contributed by atoms with E-state index in [1.807, 2.05) is 13.8 Å². The molecule has 0 spiro atoms. The number of halogens is 1. The van der Waals surface area contributed by atoms with Crippen molar-refractivity contribution in [2.24, 2.45) is 0 Å². The van der Waals surface area contributed by atoms with Crippen molar-refractivity contribution in [2.45, 2.75) is 26.8 Å². The number of ether oxygens (including phenoxy) is 1. The molecule has 2 N–H and O–H groups in total. The van der Waals surface area contributed by atoms with Crippen LogP contribution in [0.3, 0.4) is 0 Å². The van der Waals surface area contributed by atoms with E-state index in [0.29, 0.717) is 23.7 Å². The van der Waals surface area contributed by atoms with Gasteiger partial charge in [-0.05, 0) is 49.7 Å². The molecule has 2 rings (SSSR count). The molecule has 7 heteroatoms. The average molecular weight is 373 g/mol. The monoisotopic (exact) mass is 373 g/mol. The van der Waals surface area contributed by atoms with Crippen molar-refractivity contribution in [1.82, 2.24) is 4.90 Å². The van der Waals surface area contributed by atoms with Gasteiger partial charge in [0.1, 0.15) is 11.6 Å². The fraction of sp³-hybridized carbons (Fsp3) is 0.300. The van der Waals surface area contributed by atoms with E-state index in [-0.39, 0.29) is 23.8 Å². The first kappa shape index (κ1) is 20.2. The summed E-state index contributed by atoms with van der Waals surface area (Å²) in [5, 5.41) is 5.50. The van der Waals surface area contributed by atoms with Crippen molar-refractivity contribution in [3.63, 3.8) is 0 Å². The molecule has 3 amide bonds. The van der Waals surface area contributed by atoms with E-state index in [4.69, 9.17) is 4.74 Å². The van der Waals surface area contributed by atoms with Gasteiger partial charge in [-0.25, -0.2) is 9.18 Å². The molecule has 2 aromatic rings. The van der Waals surface area contributed by atoms with E-state index in [1.165, 1.54) is 26.2 Å². The molecule has 0 aliphatic carbocycles. The molecule has 0 heterocycles. The second-order valence-corrected chi connectivity index (χ2v) is 6.04. The minimum Gasteiger partial charge on any atom is -0.495 e. The highest BCUT2D eigenvalue weighted by molar-refractivity contribution is 5.94. The van der Waals surface area contributed by atoms with Gasteiger partial charge < -0.3 is 20.3 Å². The summed E-state index contributed by atoms with van der Waals surface area (Å²) in [5.74, 6) is -0.0570. The maximum Gasteiger partial charge on any atom is 0.322 e. The highest BCUT2D eigenvalue weighted by Crippen LogP contribution is 2.29. The Bertz CT molecular complexity index is 809. The standard InChI is InChI=1S/C20H24FN3O3/c1-5-24(13(2)15-6-8-16(21)9-7-15)20(26)23-18-12-17(22-14(3)25)10-11-19(18)27-4/h6-13H,5H2,1-4H3,(H,22,25)(H,23,26). The summed E-state index contributed by atoms with van der Waals surface area (Å²) >= 11 is 0. The van der Waals surface area contributed by atoms with Crippen molar-refractivity contribution < 1.29 is 18.7 Å². The molecule has 0 saturated heterocycles. The predicted molar refractivity (Wildman–Crippen MR) is 104 cm³/mol. The summed E-state index contributed by atoms with van der Waals surface area (Å²) in [4.78, 5) is 25.7. The van der Waals surface area contributed by atoms with Gasteiger partial charge in [-0.15, -0.1) is 0 Å². The SMILES string of the molecule is CCN(C(=O)Nc1cc(NC(C)=O)ccc1OC)C(C)c1ccc(F)cc1. The summed E-state index contributed by atoms with van der Waals surface area (Å²) in [7, 11) is 1.50. The lowest BCUT2D eigenvalue weighted by atomic mass is 10.1. The molecule has 1 unspecified atom stereocenters. The molecule has 0 aromatic heterocycles. The first-order chi connectivity index (χ1) is 12.8. The van der Waals surface area contributed by atoms with Crippen LogP contribution in [0.2, 0.25) is 0 Å². The second-order valence-electron chi connectivity index (χ2n) is 6.04. The number of amides is 3. The molecule has 0 radical (unpaired) electrons. The van der Waals surface area contributed by atoms with Crippen LogP contribution in [0.4, 0.5) is 20.6 Å².